The molecule has 0 unspecified atom stereocenters. The summed E-state index contributed by atoms with van der Waals surface area (Å²) in [5, 5.41) is 16.6. The van der Waals surface area contributed by atoms with E-state index in [1.807, 2.05) is 31.2 Å². The molecule has 116 valence electrons. The first-order valence-corrected chi connectivity index (χ1v) is 8.66. The fraction of sp³-hybridized carbons (Fsp3) is 0.533. The highest BCUT2D eigenvalue weighted by atomic mass is 35.5. The summed E-state index contributed by atoms with van der Waals surface area (Å²) in [4.78, 5) is 12.0. The summed E-state index contributed by atoms with van der Waals surface area (Å²) in [7, 11) is 0. The number of hydrogen-bond donors (Lipinski definition) is 3. The van der Waals surface area contributed by atoms with Crippen LogP contribution in [0.4, 0.5) is 4.79 Å². The summed E-state index contributed by atoms with van der Waals surface area (Å²) >= 11 is 7.70. The van der Waals surface area contributed by atoms with Crippen LogP contribution in [0.3, 0.4) is 0 Å². The first-order chi connectivity index (χ1) is 10.0. The van der Waals surface area contributed by atoms with Crippen molar-refractivity contribution in [3.05, 3.63) is 34.9 Å². The lowest BCUT2D eigenvalue weighted by molar-refractivity contribution is 0.0698. The molecule has 1 aromatic rings. The van der Waals surface area contributed by atoms with Gasteiger partial charge in [-0.3, -0.25) is 0 Å². The fourth-order valence-electron chi connectivity index (χ4n) is 2.33. The molecule has 0 aromatic heterocycles. The second kappa shape index (κ2) is 7.38. The molecular weight excluding hydrogens is 308 g/mol. The summed E-state index contributed by atoms with van der Waals surface area (Å²) in [6.07, 6.45) is 1.50. The third-order valence-electron chi connectivity index (χ3n) is 3.63. The van der Waals surface area contributed by atoms with Gasteiger partial charge in [-0.15, -0.1) is 0 Å². The Labute approximate surface area is 134 Å². The lowest BCUT2D eigenvalue weighted by Gasteiger charge is -2.23. The molecule has 1 aromatic carbocycles. The molecule has 0 bridgehead atoms. The molecule has 1 saturated heterocycles. The third kappa shape index (κ3) is 4.80. The van der Waals surface area contributed by atoms with Gasteiger partial charge < -0.3 is 15.7 Å². The molecule has 1 aliphatic heterocycles. The van der Waals surface area contributed by atoms with Crippen LogP contribution in [0.15, 0.2) is 24.3 Å². The predicted octanol–water partition coefficient (Wildman–Crippen LogP) is 2.96. The van der Waals surface area contributed by atoms with Gasteiger partial charge in [-0.2, -0.15) is 11.8 Å². The van der Waals surface area contributed by atoms with Gasteiger partial charge in [-0.05, 0) is 36.3 Å². The minimum absolute atomic E-state index is 0.0868. The Hall–Kier alpha value is -0.910. The molecule has 3 N–H and O–H groups in total. The molecule has 4 nitrogen and oxygen atoms in total. The van der Waals surface area contributed by atoms with Gasteiger partial charge in [0.2, 0.25) is 0 Å². The van der Waals surface area contributed by atoms with Crippen molar-refractivity contribution in [1.29, 1.82) is 0 Å². The Kier molecular flexibility index (Phi) is 5.79. The lowest BCUT2D eigenvalue weighted by atomic mass is 10.0. The van der Waals surface area contributed by atoms with Crippen molar-refractivity contribution >= 4 is 29.4 Å². The summed E-state index contributed by atoms with van der Waals surface area (Å²) in [6.45, 7) is 2.30. The molecule has 2 rings (SSSR count). The molecular formula is C15H21ClN2O2S. The van der Waals surface area contributed by atoms with Gasteiger partial charge >= 0.3 is 6.03 Å². The van der Waals surface area contributed by atoms with Crippen molar-refractivity contribution in [2.24, 2.45) is 0 Å². The van der Waals surface area contributed by atoms with E-state index in [1.54, 1.807) is 11.8 Å². The van der Waals surface area contributed by atoms with Gasteiger partial charge in [0.15, 0.2) is 0 Å². The molecule has 1 heterocycles. The minimum atomic E-state index is -0.764. The molecule has 0 aliphatic carbocycles. The topological polar surface area (TPSA) is 61.4 Å². The standard InChI is InChI=1S/C15H21ClN2O2S/c1-2-13(11-4-3-5-12(16)8-11)18-14(19)17-9-15(20)6-7-21-10-15/h3-5,8,13,20H,2,6-7,9-10H2,1H3,(H2,17,18,19)/t13-,15+/m0/s1. The third-order valence-corrected chi connectivity index (χ3v) is 5.09. The monoisotopic (exact) mass is 328 g/mol. The molecule has 0 saturated carbocycles. The molecule has 0 spiro atoms. The van der Waals surface area contributed by atoms with E-state index in [9.17, 15) is 9.90 Å². The first kappa shape index (κ1) is 16.5. The van der Waals surface area contributed by atoms with E-state index in [4.69, 9.17) is 11.6 Å². The maximum atomic E-state index is 12.0. The number of thioether (sulfide) groups is 1. The number of benzene rings is 1. The van der Waals surface area contributed by atoms with E-state index in [1.165, 1.54) is 0 Å². The number of carbonyl (C=O) groups excluding carboxylic acids is 1. The van der Waals surface area contributed by atoms with Gasteiger partial charge in [0.05, 0.1) is 11.6 Å². The number of rotatable bonds is 5. The van der Waals surface area contributed by atoms with Gasteiger partial charge in [0, 0.05) is 17.3 Å². The van der Waals surface area contributed by atoms with Crippen molar-refractivity contribution < 1.29 is 9.90 Å². The van der Waals surface area contributed by atoms with Crippen LogP contribution in [0.5, 0.6) is 0 Å². The molecule has 6 heteroatoms. The molecule has 1 fully saturated rings. The van der Waals surface area contributed by atoms with Crippen LogP contribution in [0.1, 0.15) is 31.4 Å². The number of amides is 2. The van der Waals surface area contributed by atoms with Crippen molar-refractivity contribution in [3.63, 3.8) is 0 Å². The van der Waals surface area contributed by atoms with Crippen LogP contribution in [0.25, 0.3) is 0 Å². The van der Waals surface area contributed by atoms with Gasteiger partial charge in [0.25, 0.3) is 0 Å². The number of urea groups is 1. The van der Waals surface area contributed by atoms with E-state index in [2.05, 4.69) is 10.6 Å². The summed E-state index contributed by atoms with van der Waals surface area (Å²) < 4.78 is 0. The van der Waals surface area contributed by atoms with E-state index in [-0.39, 0.29) is 18.6 Å². The van der Waals surface area contributed by atoms with Gasteiger partial charge in [-0.25, -0.2) is 4.79 Å². The maximum absolute atomic E-state index is 12.0. The fourth-order valence-corrected chi connectivity index (χ4v) is 3.83. The number of halogens is 1. The first-order valence-electron chi connectivity index (χ1n) is 7.12. The van der Waals surface area contributed by atoms with Crippen LogP contribution < -0.4 is 10.6 Å². The maximum Gasteiger partial charge on any atom is 0.315 e. The molecule has 1 aliphatic rings. The number of hydrogen-bond acceptors (Lipinski definition) is 3. The Morgan fingerprint density at radius 1 is 1.57 bits per heavy atom. The number of nitrogens with one attached hydrogen (secondary N) is 2. The SMILES string of the molecule is CC[C@H](NC(=O)NC[C@]1(O)CCSC1)c1cccc(Cl)c1. The van der Waals surface area contributed by atoms with Crippen molar-refractivity contribution in [2.75, 3.05) is 18.1 Å². The molecule has 2 atom stereocenters. The zero-order valence-electron chi connectivity index (χ0n) is 12.1. The Balaban J connectivity index is 1.88. The van der Waals surface area contributed by atoms with Crippen LogP contribution >= 0.6 is 23.4 Å². The van der Waals surface area contributed by atoms with Gasteiger partial charge in [0.1, 0.15) is 0 Å². The highest BCUT2D eigenvalue weighted by Crippen LogP contribution is 2.27. The summed E-state index contributed by atoms with van der Waals surface area (Å²) in [5.74, 6) is 1.62. The summed E-state index contributed by atoms with van der Waals surface area (Å²) in [5.41, 5.74) is 0.218. The van der Waals surface area contributed by atoms with Crippen molar-refractivity contribution in [1.82, 2.24) is 10.6 Å². The minimum Gasteiger partial charge on any atom is -0.387 e. The normalized spacial score (nSPS) is 22.8. The second-order valence-corrected chi connectivity index (χ2v) is 6.91. The lowest BCUT2D eigenvalue weighted by Crippen LogP contribution is -2.47. The number of aliphatic hydroxyl groups is 1. The Bertz CT molecular complexity index is 492. The smallest absolute Gasteiger partial charge is 0.315 e. The molecule has 0 radical (unpaired) electrons. The zero-order chi connectivity index (χ0) is 15.3. The van der Waals surface area contributed by atoms with E-state index in [0.717, 1.165) is 24.2 Å². The average Bonchev–Trinajstić information content (AvgIpc) is 2.90. The van der Waals surface area contributed by atoms with Gasteiger partial charge in [-0.1, -0.05) is 30.7 Å². The van der Waals surface area contributed by atoms with Crippen molar-refractivity contribution in [2.45, 2.75) is 31.4 Å². The van der Waals surface area contributed by atoms with E-state index in [0.29, 0.717) is 10.8 Å². The van der Waals surface area contributed by atoms with Crippen LogP contribution in [-0.2, 0) is 0 Å². The number of carbonyl (C=O) groups is 1. The summed E-state index contributed by atoms with van der Waals surface area (Å²) in [6, 6.07) is 7.14. The Morgan fingerprint density at radius 2 is 2.38 bits per heavy atom. The van der Waals surface area contributed by atoms with E-state index >= 15 is 0 Å². The highest BCUT2D eigenvalue weighted by molar-refractivity contribution is 7.99. The largest absolute Gasteiger partial charge is 0.387 e. The quantitative estimate of drug-likeness (QED) is 0.778. The molecule has 21 heavy (non-hydrogen) atoms. The highest BCUT2D eigenvalue weighted by Gasteiger charge is 2.32. The predicted molar refractivity (Wildman–Crippen MR) is 87.9 cm³/mol. The van der Waals surface area contributed by atoms with Crippen molar-refractivity contribution in [3.8, 4) is 0 Å². The average molecular weight is 329 g/mol. The molecule has 2 amide bonds. The van der Waals surface area contributed by atoms with E-state index < -0.39 is 5.60 Å². The van der Waals surface area contributed by atoms with Crippen LogP contribution in [0, 0.1) is 0 Å². The zero-order valence-corrected chi connectivity index (χ0v) is 13.6. The van der Waals surface area contributed by atoms with Crippen LogP contribution in [0.2, 0.25) is 5.02 Å². The Morgan fingerprint density at radius 3 is 3.00 bits per heavy atom. The second-order valence-electron chi connectivity index (χ2n) is 5.37. The van der Waals surface area contributed by atoms with Crippen LogP contribution in [-0.4, -0.2) is 34.8 Å².